The summed E-state index contributed by atoms with van der Waals surface area (Å²) in [4.78, 5) is 25.6. The van der Waals surface area contributed by atoms with Gasteiger partial charge < -0.3 is 10.0 Å². The van der Waals surface area contributed by atoms with Crippen LogP contribution in [0, 0.1) is 10.8 Å². The molecule has 1 aromatic carbocycles. The van der Waals surface area contributed by atoms with Gasteiger partial charge in [0.25, 0.3) is 0 Å². The first-order valence-electron chi connectivity index (χ1n) is 8.02. The molecule has 1 saturated carbocycles. The molecule has 1 aliphatic carbocycles. The summed E-state index contributed by atoms with van der Waals surface area (Å²) in [5.74, 6) is -1.11. The van der Waals surface area contributed by atoms with Gasteiger partial charge in [0, 0.05) is 13.1 Å². The molecule has 1 heterocycles. The van der Waals surface area contributed by atoms with Gasteiger partial charge in [-0.1, -0.05) is 37.3 Å². The summed E-state index contributed by atoms with van der Waals surface area (Å²) in [6.07, 6.45) is 3.99. The van der Waals surface area contributed by atoms with Gasteiger partial charge in [-0.15, -0.1) is 0 Å². The van der Waals surface area contributed by atoms with Crippen molar-refractivity contribution in [1.29, 1.82) is 0 Å². The molecule has 4 heteroatoms. The highest BCUT2D eigenvalue weighted by Gasteiger charge is 2.59. The lowest BCUT2D eigenvalue weighted by molar-refractivity contribution is -0.153. The van der Waals surface area contributed by atoms with Crippen LogP contribution in [-0.4, -0.2) is 35.0 Å². The van der Waals surface area contributed by atoms with E-state index in [1.165, 1.54) is 5.56 Å². The Kier molecular flexibility index (Phi) is 3.71. The number of carboxylic acids is 1. The highest BCUT2D eigenvalue weighted by molar-refractivity contribution is 6.04. The van der Waals surface area contributed by atoms with Crippen LogP contribution in [0.15, 0.2) is 30.3 Å². The second kappa shape index (κ2) is 5.41. The monoisotopic (exact) mass is 301 g/mol. The molecule has 22 heavy (non-hydrogen) atoms. The van der Waals surface area contributed by atoms with Gasteiger partial charge in [-0.05, 0) is 43.1 Å². The molecule has 0 aromatic heterocycles. The number of amides is 1. The molecule has 118 valence electrons. The van der Waals surface area contributed by atoms with Gasteiger partial charge in [0.1, 0.15) is 5.41 Å². The molecule has 1 aromatic rings. The van der Waals surface area contributed by atoms with Crippen molar-refractivity contribution in [3.63, 3.8) is 0 Å². The van der Waals surface area contributed by atoms with Crippen molar-refractivity contribution >= 4 is 11.9 Å². The molecule has 1 aliphatic heterocycles. The van der Waals surface area contributed by atoms with Crippen LogP contribution in [0.5, 0.6) is 0 Å². The molecular weight excluding hydrogens is 278 g/mol. The molecule has 3 rings (SSSR count). The summed E-state index contributed by atoms with van der Waals surface area (Å²) in [6, 6.07) is 10.4. The Morgan fingerprint density at radius 3 is 2.45 bits per heavy atom. The van der Waals surface area contributed by atoms with Crippen molar-refractivity contribution in [1.82, 2.24) is 4.90 Å². The van der Waals surface area contributed by atoms with E-state index < -0.39 is 11.4 Å². The van der Waals surface area contributed by atoms with E-state index >= 15 is 0 Å². The van der Waals surface area contributed by atoms with Crippen LogP contribution in [0.1, 0.15) is 38.2 Å². The Bertz CT molecular complexity index is 579. The molecule has 2 aliphatic rings. The normalized spacial score (nSPS) is 26.0. The van der Waals surface area contributed by atoms with Crippen LogP contribution in [0.3, 0.4) is 0 Å². The lowest BCUT2D eigenvalue weighted by Gasteiger charge is -2.26. The Hall–Kier alpha value is -1.84. The first kappa shape index (κ1) is 15.1. The summed E-state index contributed by atoms with van der Waals surface area (Å²) in [6.45, 7) is 3.59. The zero-order chi connectivity index (χ0) is 15.8. The molecule has 1 amide bonds. The van der Waals surface area contributed by atoms with Crippen LogP contribution >= 0.6 is 0 Å². The second-order valence-corrected chi connectivity index (χ2v) is 7.16. The summed E-state index contributed by atoms with van der Waals surface area (Å²) >= 11 is 0. The molecule has 2 fully saturated rings. The van der Waals surface area contributed by atoms with E-state index in [1.54, 1.807) is 4.90 Å². The number of aryl methyl sites for hydroxylation is 1. The van der Waals surface area contributed by atoms with E-state index in [-0.39, 0.29) is 11.3 Å². The predicted octanol–water partition coefficient (Wildman–Crippen LogP) is 2.72. The fraction of sp³-hybridized carbons (Fsp3) is 0.556. The van der Waals surface area contributed by atoms with Crippen molar-refractivity contribution in [2.75, 3.05) is 13.1 Å². The Labute approximate surface area is 131 Å². The van der Waals surface area contributed by atoms with Gasteiger partial charge in [-0.3, -0.25) is 9.59 Å². The topological polar surface area (TPSA) is 57.6 Å². The number of carbonyl (C=O) groups excluding carboxylic acids is 1. The SMILES string of the molecule is CC1(CCc2ccccc2)CCN(C(=O)C2(C(=O)O)CC2)C1. The van der Waals surface area contributed by atoms with Crippen LogP contribution in [-0.2, 0) is 16.0 Å². The third-order valence-electron chi connectivity index (χ3n) is 5.27. The molecule has 0 spiro atoms. The van der Waals surface area contributed by atoms with Gasteiger partial charge in [0.2, 0.25) is 5.91 Å². The smallest absolute Gasteiger partial charge is 0.319 e. The maximum Gasteiger partial charge on any atom is 0.319 e. The third kappa shape index (κ3) is 2.74. The number of likely N-dealkylation sites (tertiary alicyclic amines) is 1. The standard InChI is InChI=1S/C18H23NO3/c1-17(8-7-14-5-3-2-4-6-14)11-12-19(13-17)15(20)18(9-10-18)16(21)22/h2-6H,7-13H2,1H3,(H,21,22). The summed E-state index contributed by atoms with van der Waals surface area (Å²) in [7, 11) is 0. The van der Waals surface area contributed by atoms with E-state index in [9.17, 15) is 14.7 Å². The number of nitrogens with zero attached hydrogens (tertiary/aromatic N) is 1. The maximum absolute atomic E-state index is 12.5. The zero-order valence-electron chi connectivity index (χ0n) is 13.0. The van der Waals surface area contributed by atoms with Gasteiger partial charge in [-0.2, -0.15) is 0 Å². The highest BCUT2D eigenvalue weighted by atomic mass is 16.4. The van der Waals surface area contributed by atoms with E-state index in [0.717, 1.165) is 19.3 Å². The Balaban J connectivity index is 1.59. The van der Waals surface area contributed by atoms with Gasteiger partial charge in [0.15, 0.2) is 0 Å². The molecule has 0 bridgehead atoms. The number of benzene rings is 1. The lowest BCUT2D eigenvalue weighted by Crippen LogP contribution is -2.40. The van der Waals surface area contributed by atoms with Crippen molar-refractivity contribution in [3.8, 4) is 0 Å². The van der Waals surface area contributed by atoms with Crippen LogP contribution < -0.4 is 0 Å². The largest absolute Gasteiger partial charge is 0.480 e. The molecule has 1 N–H and O–H groups in total. The number of hydrogen-bond donors (Lipinski definition) is 1. The van der Waals surface area contributed by atoms with E-state index in [4.69, 9.17) is 0 Å². The first-order chi connectivity index (χ1) is 10.5. The van der Waals surface area contributed by atoms with Gasteiger partial charge in [-0.25, -0.2) is 0 Å². The van der Waals surface area contributed by atoms with Crippen molar-refractivity contribution in [3.05, 3.63) is 35.9 Å². The minimum absolute atomic E-state index is 0.0973. The first-order valence-corrected chi connectivity index (χ1v) is 8.02. The fourth-order valence-corrected chi connectivity index (χ4v) is 3.44. The van der Waals surface area contributed by atoms with Crippen LogP contribution in [0.2, 0.25) is 0 Å². The van der Waals surface area contributed by atoms with Crippen LogP contribution in [0.4, 0.5) is 0 Å². The minimum Gasteiger partial charge on any atom is -0.480 e. The average Bonchev–Trinajstić information content (AvgIpc) is 3.24. The molecule has 1 atom stereocenters. The van der Waals surface area contributed by atoms with Crippen LogP contribution in [0.25, 0.3) is 0 Å². The average molecular weight is 301 g/mol. The summed E-state index contributed by atoms with van der Waals surface area (Å²) < 4.78 is 0. The lowest BCUT2D eigenvalue weighted by atomic mass is 9.83. The Morgan fingerprint density at radius 1 is 1.18 bits per heavy atom. The number of rotatable bonds is 5. The zero-order valence-corrected chi connectivity index (χ0v) is 13.0. The summed E-state index contributed by atoms with van der Waals surface area (Å²) in [5, 5.41) is 9.27. The molecule has 1 saturated heterocycles. The van der Waals surface area contributed by atoms with E-state index in [0.29, 0.717) is 25.9 Å². The number of aliphatic carboxylic acids is 1. The molecule has 0 radical (unpaired) electrons. The number of carbonyl (C=O) groups is 2. The minimum atomic E-state index is -1.09. The summed E-state index contributed by atoms with van der Waals surface area (Å²) in [5.41, 5.74) is 0.322. The number of hydrogen-bond acceptors (Lipinski definition) is 2. The Morgan fingerprint density at radius 2 is 1.86 bits per heavy atom. The van der Waals surface area contributed by atoms with E-state index in [2.05, 4.69) is 19.1 Å². The maximum atomic E-state index is 12.5. The third-order valence-corrected chi connectivity index (χ3v) is 5.27. The number of carboxylic acid groups (broad SMARTS) is 1. The van der Waals surface area contributed by atoms with Gasteiger partial charge in [0.05, 0.1) is 0 Å². The molecule has 1 unspecified atom stereocenters. The fourth-order valence-electron chi connectivity index (χ4n) is 3.44. The van der Waals surface area contributed by atoms with Gasteiger partial charge >= 0.3 is 5.97 Å². The van der Waals surface area contributed by atoms with Crippen molar-refractivity contribution in [2.45, 2.75) is 39.0 Å². The van der Waals surface area contributed by atoms with E-state index in [1.807, 2.05) is 18.2 Å². The quantitative estimate of drug-likeness (QED) is 0.851. The second-order valence-electron chi connectivity index (χ2n) is 7.16. The molecule has 4 nitrogen and oxygen atoms in total. The predicted molar refractivity (Wildman–Crippen MR) is 83.4 cm³/mol. The van der Waals surface area contributed by atoms with Crippen molar-refractivity contribution < 1.29 is 14.7 Å². The van der Waals surface area contributed by atoms with Crippen molar-refractivity contribution in [2.24, 2.45) is 10.8 Å². The highest BCUT2D eigenvalue weighted by Crippen LogP contribution is 2.49. The molecular formula is C18H23NO3.